The molecule has 2 aromatic carbocycles. The Morgan fingerprint density at radius 1 is 0.800 bits per heavy atom. The number of sulfonamides is 2. The van der Waals surface area contributed by atoms with Crippen molar-refractivity contribution in [3.05, 3.63) is 59.7 Å². The van der Waals surface area contributed by atoms with E-state index >= 15 is 0 Å². The minimum Gasteiger partial charge on any atom is -0.215 e. The van der Waals surface area contributed by atoms with Crippen molar-refractivity contribution in [1.29, 1.82) is 0 Å². The molecule has 0 saturated carbocycles. The number of nitrogens with one attached hydrogen (secondary N) is 2. The number of hydrogen-bond donors (Lipinski definition) is 2. The van der Waals surface area contributed by atoms with E-state index in [0.717, 1.165) is 28.5 Å². The first-order valence-electron chi connectivity index (χ1n) is 9.60. The molecule has 0 saturated heterocycles. The molecular weight excluding hydrogens is 420 g/mol. The van der Waals surface area contributed by atoms with Gasteiger partial charge in [0.1, 0.15) is 0 Å². The zero-order valence-corrected chi connectivity index (χ0v) is 19.0. The largest absolute Gasteiger partial charge is 0.215 e. The first kappa shape index (κ1) is 26.3. The monoisotopic (exact) mass is 454 g/mol. The molecule has 0 spiro atoms. The second-order valence-electron chi connectivity index (χ2n) is 7.58. The van der Waals surface area contributed by atoms with Crippen molar-refractivity contribution in [2.45, 2.75) is 45.8 Å². The van der Waals surface area contributed by atoms with E-state index in [0.29, 0.717) is 19.5 Å². The van der Waals surface area contributed by atoms with Crippen molar-refractivity contribution in [2.24, 2.45) is 0 Å². The van der Waals surface area contributed by atoms with Crippen LogP contribution in [-0.2, 0) is 26.5 Å². The summed E-state index contributed by atoms with van der Waals surface area (Å²) in [7, 11) is -6.42. The molecule has 0 amide bonds. The van der Waals surface area contributed by atoms with Crippen molar-refractivity contribution in [3.63, 3.8) is 0 Å². The Hall–Kier alpha value is -1.74. The molecule has 0 heterocycles. The molecule has 0 radical (unpaired) electrons. The third kappa shape index (κ3) is 8.18. The third-order valence-corrected chi connectivity index (χ3v) is 7.29. The molecule has 0 aliphatic heterocycles. The minimum absolute atomic E-state index is 0. The summed E-state index contributed by atoms with van der Waals surface area (Å²) >= 11 is 0. The molecule has 0 fully saturated rings. The van der Waals surface area contributed by atoms with Crippen LogP contribution in [0, 0.1) is 0 Å². The summed E-state index contributed by atoms with van der Waals surface area (Å²) in [6, 6.07) is 16.1. The summed E-state index contributed by atoms with van der Waals surface area (Å²) in [4.78, 5) is 0. The molecule has 2 aromatic rings. The summed E-state index contributed by atoms with van der Waals surface area (Å²) in [6.07, 6.45) is 1.79. The standard InChI is InChI=1S/C21H30N2O4S2.CH4/c1-16(2)29(26,27)23-15-17(3)19-9-11-21(12-10-19)20-7-5-18(6-8-20)13-14-22-28(4,24)25;/h5-12,16-17,22-23H,13-15H2,1-4H3;1H4/t17-;/m0./s1. The molecule has 0 aliphatic rings. The van der Waals surface area contributed by atoms with Gasteiger partial charge in [-0.2, -0.15) is 0 Å². The average molecular weight is 455 g/mol. The lowest BCUT2D eigenvalue weighted by atomic mass is 9.97. The van der Waals surface area contributed by atoms with E-state index in [-0.39, 0.29) is 13.3 Å². The van der Waals surface area contributed by atoms with Crippen LogP contribution in [0.3, 0.4) is 0 Å². The molecule has 1 atom stereocenters. The van der Waals surface area contributed by atoms with E-state index in [9.17, 15) is 16.8 Å². The van der Waals surface area contributed by atoms with Crippen LogP contribution in [0.25, 0.3) is 11.1 Å². The quantitative estimate of drug-likeness (QED) is 0.575. The van der Waals surface area contributed by atoms with Crippen molar-refractivity contribution in [1.82, 2.24) is 9.44 Å². The predicted octanol–water partition coefficient (Wildman–Crippen LogP) is 3.51. The topological polar surface area (TPSA) is 92.3 Å². The number of benzene rings is 2. The van der Waals surface area contributed by atoms with Gasteiger partial charge in [-0.05, 0) is 48.4 Å². The molecule has 0 aromatic heterocycles. The highest BCUT2D eigenvalue weighted by atomic mass is 32.2. The van der Waals surface area contributed by atoms with Gasteiger partial charge in [0.05, 0.1) is 11.5 Å². The van der Waals surface area contributed by atoms with E-state index in [1.165, 1.54) is 0 Å². The summed E-state index contributed by atoms with van der Waals surface area (Å²) in [5.74, 6) is 0.0716. The van der Waals surface area contributed by atoms with E-state index in [4.69, 9.17) is 0 Å². The predicted molar refractivity (Wildman–Crippen MR) is 126 cm³/mol. The van der Waals surface area contributed by atoms with E-state index in [1.54, 1.807) is 13.8 Å². The van der Waals surface area contributed by atoms with Crippen LogP contribution in [0.4, 0.5) is 0 Å². The van der Waals surface area contributed by atoms with E-state index < -0.39 is 25.3 Å². The normalized spacial score (nSPS) is 13.1. The van der Waals surface area contributed by atoms with Crippen LogP contribution in [-0.4, -0.2) is 41.4 Å². The Bertz CT molecular complexity index is 998. The van der Waals surface area contributed by atoms with Gasteiger partial charge in [-0.3, -0.25) is 0 Å². The molecule has 6 nitrogen and oxygen atoms in total. The molecular formula is C22H34N2O4S2. The highest BCUT2D eigenvalue weighted by molar-refractivity contribution is 7.90. The van der Waals surface area contributed by atoms with Crippen molar-refractivity contribution < 1.29 is 16.8 Å². The van der Waals surface area contributed by atoms with Crippen molar-refractivity contribution in [3.8, 4) is 11.1 Å². The maximum atomic E-state index is 11.9. The van der Waals surface area contributed by atoms with Crippen LogP contribution in [0.1, 0.15) is 45.2 Å². The lowest BCUT2D eigenvalue weighted by molar-refractivity contribution is 0.566. The van der Waals surface area contributed by atoms with Crippen LogP contribution in [0.15, 0.2) is 48.5 Å². The maximum Gasteiger partial charge on any atom is 0.213 e. The van der Waals surface area contributed by atoms with Crippen molar-refractivity contribution in [2.75, 3.05) is 19.3 Å². The van der Waals surface area contributed by atoms with Gasteiger partial charge in [0.25, 0.3) is 0 Å². The van der Waals surface area contributed by atoms with Crippen LogP contribution >= 0.6 is 0 Å². The van der Waals surface area contributed by atoms with Gasteiger partial charge in [-0.15, -0.1) is 0 Å². The Kier molecular flexibility index (Phi) is 9.68. The molecule has 0 bridgehead atoms. The highest BCUT2D eigenvalue weighted by Gasteiger charge is 2.17. The fourth-order valence-corrected chi connectivity index (χ4v) is 4.06. The number of hydrogen-bond acceptors (Lipinski definition) is 4. The highest BCUT2D eigenvalue weighted by Crippen LogP contribution is 2.23. The summed E-state index contributed by atoms with van der Waals surface area (Å²) in [5, 5.41) is -0.442. The van der Waals surface area contributed by atoms with Gasteiger partial charge in [0.15, 0.2) is 0 Å². The summed E-state index contributed by atoms with van der Waals surface area (Å²) in [5.41, 5.74) is 4.28. The first-order valence-corrected chi connectivity index (χ1v) is 13.0. The molecule has 8 heteroatoms. The fourth-order valence-electron chi connectivity index (χ4n) is 2.77. The molecule has 30 heavy (non-hydrogen) atoms. The maximum absolute atomic E-state index is 11.9. The third-order valence-electron chi connectivity index (χ3n) is 4.76. The Labute approximate surface area is 182 Å². The van der Waals surface area contributed by atoms with Crippen LogP contribution in [0.2, 0.25) is 0 Å². The smallest absolute Gasteiger partial charge is 0.213 e. The SMILES string of the molecule is C.CC(C)S(=O)(=O)NC[C@H](C)c1ccc(-c2ccc(CCNS(C)(=O)=O)cc2)cc1. The fraction of sp³-hybridized carbons (Fsp3) is 0.455. The average Bonchev–Trinajstić information content (AvgIpc) is 2.66. The zero-order chi connectivity index (χ0) is 21.7. The van der Waals surface area contributed by atoms with Gasteiger partial charge < -0.3 is 0 Å². The van der Waals surface area contributed by atoms with Crippen LogP contribution < -0.4 is 9.44 Å². The van der Waals surface area contributed by atoms with E-state index in [1.807, 2.05) is 55.5 Å². The van der Waals surface area contributed by atoms with Crippen molar-refractivity contribution >= 4 is 20.0 Å². The zero-order valence-electron chi connectivity index (χ0n) is 17.3. The second-order valence-corrected chi connectivity index (χ2v) is 11.7. The lowest BCUT2D eigenvalue weighted by Gasteiger charge is -2.15. The van der Waals surface area contributed by atoms with Gasteiger partial charge in [0.2, 0.25) is 20.0 Å². The minimum atomic E-state index is -3.26. The first-order chi connectivity index (χ1) is 13.5. The van der Waals surface area contributed by atoms with E-state index in [2.05, 4.69) is 9.44 Å². The second kappa shape index (κ2) is 11.0. The summed E-state index contributed by atoms with van der Waals surface area (Å²) in [6.45, 7) is 6.07. The van der Waals surface area contributed by atoms with Gasteiger partial charge in [-0.1, -0.05) is 62.9 Å². The molecule has 0 unspecified atom stereocenters. The lowest BCUT2D eigenvalue weighted by Crippen LogP contribution is -2.33. The molecule has 0 aliphatic carbocycles. The number of rotatable bonds is 10. The molecule has 168 valence electrons. The van der Waals surface area contributed by atoms with Gasteiger partial charge in [-0.25, -0.2) is 26.3 Å². The van der Waals surface area contributed by atoms with Gasteiger partial charge in [0, 0.05) is 13.1 Å². The molecule has 2 rings (SSSR count). The molecule has 2 N–H and O–H groups in total. The Morgan fingerprint density at radius 2 is 1.30 bits per heavy atom. The summed E-state index contributed by atoms with van der Waals surface area (Å²) < 4.78 is 51.2. The van der Waals surface area contributed by atoms with Crippen LogP contribution in [0.5, 0.6) is 0 Å². The Morgan fingerprint density at radius 3 is 1.77 bits per heavy atom. The Balaban J connectivity index is 0.00000450. The van der Waals surface area contributed by atoms with Gasteiger partial charge >= 0.3 is 0 Å².